The first-order valence-corrected chi connectivity index (χ1v) is 12.2. The van der Waals surface area contributed by atoms with Gasteiger partial charge in [0.05, 0.1) is 34.4 Å². The largest absolute Gasteiger partial charge is 0.483 e. The average Bonchev–Trinajstić information content (AvgIpc) is 3.10. The van der Waals surface area contributed by atoms with Gasteiger partial charge in [-0.25, -0.2) is 12.8 Å². The van der Waals surface area contributed by atoms with E-state index in [-0.39, 0.29) is 58.1 Å². The van der Waals surface area contributed by atoms with Crippen molar-refractivity contribution in [2.45, 2.75) is 24.2 Å². The summed E-state index contributed by atoms with van der Waals surface area (Å²) in [5.74, 6) is -1.47. The van der Waals surface area contributed by atoms with Gasteiger partial charge < -0.3 is 14.8 Å². The molecule has 1 amide bonds. The Kier molecular flexibility index (Phi) is 6.71. The SMILES string of the molecule is CC1CC(=O)c2c(OCC(=O)Nc3cc(S(=O)(=O)N4CCOCC4)ccc3Cl)ccc(F)c21. The fourth-order valence-electron chi connectivity index (χ4n) is 3.97. The summed E-state index contributed by atoms with van der Waals surface area (Å²) in [5, 5.41) is 2.68. The predicted molar refractivity (Wildman–Crippen MR) is 119 cm³/mol. The summed E-state index contributed by atoms with van der Waals surface area (Å²) in [4.78, 5) is 24.7. The van der Waals surface area contributed by atoms with Gasteiger partial charge in [-0.15, -0.1) is 0 Å². The van der Waals surface area contributed by atoms with E-state index in [1.54, 1.807) is 6.92 Å². The van der Waals surface area contributed by atoms with E-state index in [9.17, 15) is 22.4 Å². The zero-order valence-corrected chi connectivity index (χ0v) is 19.3. The zero-order chi connectivity index (χ0) is 23.8. The molecular formula is C22H22ClFN2O6S. The second kappa shape index (κ2) is 9.38. The highest BCUT2D eigenvalue weighted by molar-refractivity contribution is 7.89. The van der Waals surface area contributed by atoms with Crippen LogP contribution in [0.15, 0.2) is 35.2 Å². The van der Waals surface area contributed by atoms with E-state index in [0.29, 0.717) is 18.8 Å². The highest BCUT2D eigenvalue weighted by Crippen LogP contribution is 2.39. The number of morpholine rings is 1. The number of amides is 1. The summed E-state index contributed by atoms with van der Waals surface area (Å²) in [6.07, 6.45) is 0.179. The molecular weight excluding hydrogens is 475 g/mol. The third-order valence-electron chi connectivity index (χ3n) is 5.60. The molecule has 0 radical (unpaired) electrons. The van der Waals surface area contributed by atoms with Crippen molar-refractivity contribution in [2.24, 2.45) is 0 Å². The van der Waals surface area contributed by atoms with Crippen molar-refractivity contribution in [3.8, 4) is 5.75 Å². The molecule has 0 aromatic heterocycles. The molecule has 2 aromatic rings. The van der Waals surface area contributed by atoms with Crippen LogP contribution in [-0.4, -0.2) is 57.3 Å². The molecule has 8 nitrogen and oxygen atoms in total. The van der Waals surface area contributed by atoms with Gasteiger partial charge >= 0.3 is 0 Å². The summed E-state index contributed by atoms with van der Waals surface area (Å²) in [6.45, 7) is 2.36. The molecule has 1 aliphatic carbocycles. The highest BCUT2D eigenvalue weighted by Gasteiger charge is 2.33. The van der Waals surface area contributed by atoms with Crippen molar-refractivity contribution in [1.82, 2.24) is 4.31 Å². The van der Waals surface area contributed by atoms with Crippen LogP contribution in [0, 0.1) is 5.82 Å². The first kappa shape index (κ1) is 23.6. The molecule has 0 spiro atoms. The van der Waals surface area contributed by atoms with Gasteiger partial charge in [-0.1, -0.05) is 18.5 Å². The summed E-state index contributed by atoms with van der Waals surface area (Å²) in [5.41, 5.74) is 0.558. The number of anilines is 1. The van der Waals surface area contributed by atoms with Crippen LogP contribution in [-0.2, 0) is 19.6 Å². The smallest absolute Gasteiger partial charge is 0.262 e. The molecule has 1 unspecified atom stereocenters. The van der Waals surface area contributed by atoms with Crippen molar-refractivity contribution in [1.29, 1.82) is 0 Å². The Labute approximate surface area is 195 Å². The van der Waals surface area contributed by atoms with Crippen molar-refractivity contribution < 1.29 is 31.9 Å². The maximum absolute atomic E-state index is 14.1. The van der Waals surface area contributed by atoms with E-state index in [1.807, 2.05) is 0 Å². The third kappa shape index (κ3) is 4.74. The van der Waals surface area contributed by atoms with Crippen molar-refractivity contribution >= 4 is 39.0 Å². The molecule has 176 valence electrons. The van der Waals surface area contributed by atoms with E-state index in [0.717, 1.165) is 0 Å². The van der Waals surface area contributed by atoms with E-state index in [2.05, 4.69) is 5.32 Å². The van der Waals surface area contributed by atoms with Gasteiger partial charge in [0, 0.05) is 25.1 Å². The minimum Gasteiger partial charge on any atom is -0.483 e. The van der Waals surface area contributed by atoms with Gasteiger partial charge in [0.15, 0.2) is 12.4 Å². The quantitative estimate of drug-likeness (QED) is 0.659. The van der Waals surface area contributed by atoms with Crippen LogP contribution >= 0.6 is 11.6 Å². The Balaban J connectivity index is 1.48. The van der Waals surface area contributed by atoms with Gasteiger partial charge in [-0.3, -0.25) is 9.59 Å². The van der Waals surface area contributed by atoms with Crippen LogP contribution in [0.4, 0.5) is 10.1 Å². The average molecular weight is 497 g/mol. The van der Waals surface area contributed by atoms with E-state index < -0.39 is 28.4 Å². The van der Waals surface area contributed by atoms with Crippen LogP contribution in [0.5, 0.6) is 5.75 Å². The topological polar surface area (TPSA) is 102 Å². The minimum absolute atomic E-state index is 0.0130. The Morgan fingerprint density at radius 1 is 1.27 bits per heavy atom. The van der Waals surface area contributed by atoms with Gasteiger partial charge in [0.25, 0.3) is 5.91 Å². The molecule has 1 heterocycles. The maximum atomic E-state index is 14.1. The van der Waals surface area contributed by atoms with Crippen LogP contribution < -0.4 is 10.1 Å². The summed E-state index contributed by atoms with van der Waals surface area (Å²) >= 11 is 6.15. The van der Waals surface area contributed by atoms with E-state index >= 15 is 0 Å². The number of nitrogens with zero attached hydrogens (tertiary/aromatic N) is 1. The number of benzene rings is 2. The number of Topliss-reactive ketones (excluding diaryl/α,β-unsaturated/α-hetero) is 1. The standard InChI is InChI=1S/C22H22ClFN2O6S/c1-13-10-18(27)22-19(5-4-16(24)21(13)22)32-12-20(28)25-17-11-14(2-3-15(17)23)33(29,30)26-6-8-31-9-7-26/h2-5,11,13H,6-10,12H2,1H3,(H,25,28). The molecule has 1 fully saturated rings. The summed E-state index contributed by atoms with van der Waals surface area (Å²) in [6, 6.07) is 6.57. The zero-order valence-electron chi connectivity index (χ0n) is 17.8. The second-order valence-electron chi connectivity index (χ2n) is 7.86. The molecule has 0 saturated carbocycles. The number of halogens is 2. The summed E-state index contributed by atoms with van der Waals surface area (Å²) in [7, 11) is -3.78. The lowest BCUT2D eigenvalue weighted by atomic mass is 10.0. The molecule has 1 atom stereocenters. The molecule has 2 aromatic carbocycles. The fraction of sp³-hybridized carbons (Fsp3) is 0.364. The molecule has 4 rings (SSSR count). The first-order chi connectivity index (χ1) is 15.7. The minimum atomic E-state index is -3.78. The van der Waals surface area contributed by atoms with Crippen LogP contribution in [0.1, 0.15) is 35.2 Å². The number of ether oxygens (including phenoxy) is 2. The fourth-order valence-corrected chi connectivity index (χ4v) is 5.57. The van der Waals surface area contributed by atoms with Crippen LogP contribution in [0.3, 0.4) is 0 Å². The van der Waals surface area contributed by atoms with Crippen molar-refractivity contribution in [3.63, 3.8) is 0 Å². The number of rotatable bonds is 6. The van der Waals surface area contributed by atoms with E-state index in [1.165, 1.54) is 34.6 Å². The highest BCUT2D eigenvalue weighted by atomic mass is 35.5. The van der Waals surface area contributed by atoms with E-state index in [4.69, 9.17) is 21.1 Å². The second-order valence-corrected chi connectivity index (χ2v) is 10.2. The molecule has 1 N–H and O–H groups in total. The van der Waals surface area contributed by atoms with Gasteiger partial charge in [-0.05, 0) is 36.2 Å². The van der Waals surface area contributed by atoms with Crippen molar-refractivity contribution in [2.75, 3.05) is 38.2 Å². The first-order valence-electron chi connectivity index (χ1n) is 10.3. The molecule has 1 aliphatic heterocycles. The Morgan fingerprint density at radius 3 is 2.73 bits per heavy atom. The molecule has 1 saturated heterocycles. The Morgan fingerprint density at radius 2 is 2.00 bits per heavy atom. The van der Waals surface area contributed by atoms with Crippen molar-refractivity contribution in [3.05, 3.63) is 52.3 Å². The number of nitrogens with one attached hydrogen (secondary N) is 1. The lowest BCUT2D eigenvalue weighted by Crippen LogP contribution is -2.40. The number of carbonyl (C=O) groups excluding carboxylic acids is 2. The molecule has 2 aliphatic rings. The third-order valence-corrected chi connectivity index (χ3v) is 7.82. The Hall–Kier alpha value is -2.53. The Bertz CT molecular complexity index is 1210. The normalized spacial score (nSPS) is 18.8. The van der Waals surface area contributed by atoms with Gasteiger partial charge in [-0.2, -0.15) is 4.31 Å². The molecule has 11 heteroatoms. The maximum Gasteiger partial charge on any atom is 0.262 e. The van der Waals surface area contributed by atoms with Crippen LogP contribution in [0.2, 0.25) is 5.02 Å². The lowest BCUT2D eigenvalue weighted by Gasteiger charge is -2.26. The lowest BCUT2D eigenvalue weighted by molar-refractivity contribution is -0.118. The number of hydrogen-bond donors (Lipinski definition) is 1. The summed E-state index contributed by atoms with van der Waals surface area (Å²) < 4.78 is 51.9. The molecule has 33 heavy (non-hydrogen) atoms. The predicted octanol–water partition coefficient (Wildman–Crippen LogP) is 3.21. The monoisotopic (exact) mass is 496 g/mol. The number of carbonyl (C=O) groups is 2. The van der Waals surface area contributed by atoms with Crippen LogP contribution in [0.25, 0.3) is 0 Å². The number of fused-ring (bicyclic) bond motifs is 1. The molecule has 0 bridgehead atoms. The number of ketones is 1. The van der Waals surface area contributed by atoms with Gasteiger partial charge in [0.1, 0.15) is 11.6 Å². The van der Waals surface area contributed by atoms with Gasteiger partial charge in [0.2, 0.25) is 10.0 Å². The number of sulfonamides is 1. The number of hydrogen-bond acceptors (Lipinski definition) is 6.